The van der Waals surface area contributed by atoms with Gasteiger partial charge in [-0.1, -0.05) is 12.2 Å². The molecule has 0 aromatic rings. The van der Waals surface area contributed by atoms with Crippen molar-refractivity contribution in [2.45, 2.75) is 17.1 Å². The SMILES string of the molecule is O=C1NC(=O)C2(Cl)C3C=CC(O3)C12. The van der Waals surface area contributed by atoms with Crippen LogP contribution in [0.4, 0.5) is 0 Å². The topological polar surface area (TPSA) is 55.4 Å². The Labute approximate surface area is 78.9 Å². The Morgan fingerprint density at radius 3 is 2.92 bits per heavy atom. The van der Waals surface area contributed by atoms with E-state index in [1.54, 1.807) is 12.2 Å². The van der Waals surface area contributed by atoms with Crippen LogP contribution in [0.2, 0.25) is 0 Å². The number of amides is 2. The number of carbonyl (C=O) groups is 2. The van der Waals surface area contributed by atoms with E-state index in [4.69, 9.17) is 16.3 Å². The van der Waals surface area contributed by atoms with Crippen LogP contribution in [-0.4, -0.2) is 28.9 Å². The zero-order valence-electron chi connectivity index (χ0n) is 6.49. The molecule has 4 nitrogen and oxygen atoms in total. The Morgan fingerprint density at radius 1 is 1.46 bits per heavy atom. The van der Waals surface area contributed by atoms with Crippen molar-refractivity contribution in [1.82, 2.24) is 5.32 Å². The van der Waals surface area contributed by atoms with Gasteiger partial charge in [0.1, 0.15) is 6.10 Å². The Hall–Kier alpha value is -0.870. The number of hydrogen-bond acceptors (Lipinski definition) is 3. The predicted molar refractivity (Wildman–Crippen MR) is 43.0 cm³/mol. The summed E-state index contributed by atoms with van der Waals surface area (Å²) in [5.41, 5.74) is 0. The first-order valence-electron chi connectivity index (χ1n) is 4.02. The standard InChI is InChI=1S/C8H6ClNO3/c9-8-4-2-1-3(13-4)5(8)6(11)10-7(8)12/h1-5H,(H,10,11,12). The average Bonchev–Trinajstić information content (AvgIpc) is 2.66. The molecule has 2 saturated heterocycles. The van der Waals surface area contributed by atoms with Crippen LogP contribution in [0.5, 0.6) is 0 Å². The molecule has 0 aliphatic carbocycles. The summed E-state index contributed by atoms with van der Waals surface area (Å²) in [6.45, 7) is 0. The minimum atomic E-state index is -1.18. The summed E-state index contributed by atoms with van der Waals surface area (Å²) in [5.74, 6) is -1.30. The lowest BCUT2D eigenvalue weighted by atomic mass is 9.84. The van der Waals surface area contributed by atoms with Crippen LogP contribution in [0.25, 0.3) is 0 Å². The molecule has 3 aliphatic rings. The van der Waals surface area contributed by atoms with Crippen molar-refractivity contribution < 1.29 is 14.3 Å². The van der Waals surface area contributed by atoms with Crippen LogP contribution >= 0.6 is 11.6 Å². The number of alkyl halides is 1. The number of ether oxygens (including phenoxy) is 1. The molecule has 0 saturated carbocycles. The molecule has 1 N–H and O–H groups in total. The number of hydrogen-bond donors (Lipinski definition) is 1. The van der Waals surface area contributed by atoms with E-state index in [2.05, 4.69) is 5.32 Å². The molecule has 0 aromatic heterocycles. The van der Waals surface area contributed by atoms with Crippen LogP contribution in [0, 0.1) is 5.92 Å². The van der Waals surface area contributed by atoms with E-state index in [9.17, 15) is 9.59 Å². The molecule has 0 spiro atoms. The van der Waals surface area contributed by atoms with Gasteiger partial charge in [-0.3, -0.25) is 14.9 Å². The molecular weight excluding hydrogens is 194 g/mol. The Kier molecular flexibility index (Phi) is 1.14. The van der Waals surface area contributed by atoms with Gasteiger partial charge in [0.25, 0.3) is 5.91 Å². The fraction of sp³-hybridized carbons (Fsp3) is 0.500. The lowest BCUT2D eigenvalue weighted by molar-refractivity contribution is -0.128. The van der Waals surface area contributed by atoms with Gasteiger partial charge in [-0.2, -0.15) is 0 Å². The molecule has 4 atom stereocenters. The molecule has 2 fully saturated rings. The van der Waals surface area contributed by atoms with Crippen molar-refractivity contribution in [2.24, 2.45) is 5.92 Å². The third-order valence-electron chi connectivity index (χ3n) is 2.84. The minimum Gasteiger partial charge on any atom is -0.363 e. The molecular formula is C8H6ClNO3. The maximum absolute atomic E-state index is 11.4. The highest BCUT2D eigenvalue weighted by atomic mass is 35.5. The van der Waals surface area contributed by atoms with E-state index in [0.717, 1.165) is 0 Å². The third kappa shape index (κ3) is 0.638. The van der Waals surface area contributed by atoms with E-state index in [1.165, 1.54) is 0 Å². The number of nitrogens with one attached hydrogen (secondary N) is 1. The molecule has 0 aromatic carbocycles. The van der Waals surface area contributed by atoms with Gasteiger partial charge < -0.3 is 4.74 Å². The molecule has 3 aliphatic heterocycles. The minimum absolute atomic E-state index is 0.322. The maximum atomic E-state index is 11.4. The summed E-state index contributed by atoms with van der Waals surface area (Å²) in [5, 5.41) is 2.23. The monoisotopic (exact) mass is 199 g/mol. The first kappa shape index (κ1) is 7.53. The normalized spacial score (nSPS) is 51.3. The molecule has 4 unspecified atom stereocenters. The van der Waals surface area contributed by atoms with Crippen molar-refractivity contribution in [3.8, 4) is 0 Å². The molecule has 13 heavy (non-hydrogen) atoms. The zero-order valence-corrected chi connectivity index (χ0v) is 7.25. The van der Waals surface area contributed by atoms with Gasteiger partial charge in [-0.25, -0.2) is 0 Å². The Bertz CT molecular complexity index is 353. The van der Waals surface area contributed by atoms with Crippen molar-refractivity contribution >= 4 is 23.4 Å². The Morgan fingerprint density at radius 2 is 2.23 bits per heavy atom. The van der Waals surface area contributed by atoms with Crippen LogP contribution in [0.3, 0.4) is 0 Å². The Balaban J connectivity index is 2.17. The quantitative estimate of drug-likeness (QED) is 0.327. The molecule has 2 amide bonds. The number of halogens is 1. The number of fused-ring (bicyclic) bond motifs is 5. The highest BCUT2D eigenvalue weighted by molar-refractivity contribution is 6.41. The van der Waals surface area contributed by atoms with Crippen LogP contribution in [-0.2, 0) is 14.3 Å². The lowest BCUT2D eigenvalue weighted by Crippen LogP contribution is -2.44. The summed E-state index contributed by atoms with van der Waals surface area (Å²) in [4.78, 5) is 21.5. The van der Waals surface area contributed by atoms with Crippen LogP contribution in [0.15, 0.2) is 12.2 Å². The third-order valence-corrected chi connectivity index (χ3v) is 3.46. The van der Waals surface area contributed by atoms with Crippen molar-refractivity contribution in [3.05, 3.63) is 12.2 Å². The molecule has 2 bridgehead atoms. The number of imide groups is 1. The van der Waals surface area contributed by atoms with Gasteiger partial charge in [0.15, 0.2) is 4.87 Å². The average molecular weight is 200 g/mol. The summed E-state index contributed by atoms with van der Waals surface area (Å²) in [6, 6.07) is 0. The van der Waals surface area contributed by atoms with Crippen molar-refractivity contribution in [1.29, 1.82) is 0 Å². The molecule has 0 radical (unpaired) electrons. The van der Waals surface area contributed by atoms with E-state index in [0.29, 0.717) is 0 Å². The second-order valence-corrected chi connectivity index (χ2v) is 4.10. The molecule has 68 valence electrons. The van der Waals surface area contributed by atoms with Crippen LogP contribution in [0.1, 0.15) is 0 Å². The summed E-state index contributed by atoms with van der Waals surface area (Å²) >= 11 is 6.10. The summed E-state index contributed by atoms with van der Waals surface area (Å²) in [6.07, 6.45) is 2.75. The summed E-state index contributed by atoms with van der Waals surface area (Å²) < 4.78 is 5.36. The molecule has 3 rings (SSSR count). The van der Waals surface area contributed by atoms with E-state index in [-0.39, 0.29) is 12.0 Å². The van der Waals surface area contributed by atoms with Gasteiger partial charge >= 0.3 is 0 Å². The van der Waals surface area contributed by atoms with E-state index < -0.39 is 22.8 Å². The van der Waals surface area contributed by atoms with Crippen LogP contribution < -0.4 is 5.32 Å². The maximum Gasteiger partial charge on any atom is 0.251 e. The van der Waals surface area contributed by atoms with Gasteiger partial charge in [0.2, 0.25) is 5.91 Å². The van der Waals surface area contributed by atoms with Gasteiger partial charge in [-0.15, -0.1) is 11.6 Å². The first-order chi connectivity index (χ1) is 6.14. The smallest absolute Gasteiger partial charge is 0.251 e. The zero-order chi connectivity index (χ0) is 9.22. The van der Waals surface area contributed by atoms with Gasteiger partial charge in [0, 0.05) is 0 Å². The predicted octanol–water partition coefficient (Wildman–Crippen LogP) is -0.426. The second kappa shape index (κ2) is 1.96. The molecule has 3 heterocycles. The molecule has 5 heteroatoms. The first-order valence-corrected chi connectivity index (χ1v) is 4.40. The van der Waals surface area contributed by atoms with Gasteiger partial charge in [0.05, 0.1) is 12.0 Å². The second-order valence-electron chi connectivity index (χ2n) is 3.47. The summed E-state index contributed by atoms with van der Waals surface area (Å²) in [7, 11) is 0. The van der Waals surface area contributed by atoms with Crippen molar-refractivity contribution in [3.63, 3.8) is 0 Å². The number of carbonyl (C=O) groups excluding carboxylic acids is 2. The van der Waals surface area contributed by atoms with E-state index in [1.807, 2.05) is 0 Å². The number of rotatable bonds is 0. The highest BCUT2D eigenvalue weighted by Crippen LogP contribution is 2.49. The van der Waals surface area contributed by atoms with Gasteiger partial charge in [-0.05, 0) is 0 Å². The fourth-order valence-corrected chi connectivity index (χ4v) is 2.61. The largest absolute Gasteiger partial charge is 0.363 e. The fourth-order valence-electron chi connectivity index (χ4n) is 2.21. The van der Waals surface area contributed by atoms with Crippen molar-refractivity contribution in [2.75, 3.05) is 0 Å². The lowest BCUT2D eigenvalue weighted by Gasteiger charge is -2.21. The highest BCUT2D eigenvalue weighted by Gasteiger charge is 2.68. The van der Waals surface area contributed by atoms with E-state index >= 15 is 0 Å².